The molecule has 36 heavy (non-hydrogen) atoms. The van der Waals surface area contributed by atoms with Crippen molar-refractivity contribution in [1.29, 1.82) is 0 Å². The summed E-state index contributed by atoms with van der Waals surface area (Å²) in [6.07, 6.45) is 0.931. The van der Waals surface area contributed by atoms with Crippen molar-refractivity contribution in [1.82, 2.24) is 14.7 Å². The highest BCUT2D eigenvalue weighted by Crippen LogP contribution is 2.28. The Balaban J connectivity index is 1.75. The number of carbonyl (C=O) groups is 1. The number of hydrogen-bond acceptors (Lipinski definition) is 6. The molecule has 2 aromatic carbocycles. The van der Waals surface area contributed by atoms with E-state index in [0.29, 0.717) is 17.7 Å². The fourth-order valence-corrected chi connectivity index (χ4v) is 3.47. The normalized spacial score (nSPS) is 10.9. The van der Waals surface area contributed by atoms with Gasteiger partial charge in [-0.15, -0.1) is 0 Å². The highest BCUT2D eigenvalue weighted by Gasteiger charge is 2.15. The number of aromatic nitrogens is 2. The van der Waals surface area contributed by atoms with E-state index in [9.17, 15) is 18.4 Å². The molecular formula is C26H30F2N4O4. The molecule has 0 aliphatic carbocycles. The lowest BCUT2D eigenvalue weighted by molar-refractivity contribution is 0.168. The van der Waals surface area contributed by atoms with Gasteiger partial charge < -0.3 is 14.4 Å². The van der Waals surface area contributed by atoms with Crippen LogP contribution in [-0.4, -0.2) is 54.6 Å². The fraction of sp³-hybridized carbons (Fsp3) is 0.346. The molecular weight excluding hydrogens is 470 g/mol. The number of benzene rings is 2. The second kappa shape index (κ2) is 12.8. The lowest BCUT2D eigenvalue weighted by atomic mass is 10.1. The summed E-state index contributed by atoms with van der Waals surface area (Å²) in [7, 11) is 3.91. The third-order valence-electron chi connectivity index (χ3n) is 5.19. The van der Waals surface area contributed by atoms with Gasteiger partial charge in [-0.05, 0) is 76.3 Å². The Bertz CT molecular complexity index is 1220. The zero-order chi connectivity index (χ0) is 26.1. The quantitative estimate of drug-likeness (QED) is 0.390. The molecule has 0 unspecified atom stereocenters. The van der Waals surface area contributed by atoms with Crippen molar-refractivity contribution in [3.05, 3.63) is 76.1 Å². The number of anilines is 1. The lowest BCUT2D eigenvalue weighted by Crippen LogP contribution is -2.23. The van der Waals surface area contributed by atoms with Crippen LogP contribution >= 0.6 is 0 Å². The summed E-state index contributed by atoms with van der Waals surface area (Å²) in [6, 6.07) is 11.8. The molecule has 3 aromatic rings. The first-order chi connectivity index (χ1) is 17.3. The first kappa shape index (κ1) is 26.8. The Morgan fingerprint density at radius 3 is 2.53 bits per heavy atom. The molecule has 0 bridgehead atoms. The van der Waals surface area contributed by atoms with E-state index >= 15 is 0 Å². The maximum atomic E-state index is 14.6. The smallest absolute Gasteiger partial charge is 0.411 e. The molecule has 0 saturated heterocycles. The Morgan fingerprint density at radius 2 is 1.83 bits per heavy atom. The summed E-state index contributed by atoms with van der Waals surface area (Å²) in [5, 5.41) is 6.88. The number of amides is 1. The molecule has 0 radical (unpaired) electrons. The van der Waals surface area contributed by atoms with E-state index in [4.69, 9.17) is 9.47 Å². The van der Waals surface area contributed by atoms with Gasteiger partial charge in [0.2, 0.25) is 0 Å². The highest BCUT2D eigenvalue weighted by molar-refractivity contribution is 5.84. The monoisotopic (exact) mass is 500 g/mol. The SMILES string of the molecule is CCOC(=O)Nc1cccc(Cn2nc(-c3cc(F)c(OCCCCN(C)C)c(F)c3)ccc2=O)c1. The predicted molar refractivity (Wildman–Crippen MR) is 133 cm³/mol. The van der Waals surface area contributed by atoms with E-state index in [1.807, 2.05) is 19.0 Å². The molecule has 0 spiro atoms. The van der Waals surface area contributed by atoms with Crippen LogP contribution in [0.5, 0.6) is 5.75 Å². The molecule has 0 aliphatic heterocycles. The Labute approximate surface area is 208 Å². The number of nitrogens with one attached hydrogen (secondary N) is 1. The highest BCUT2D eigenvalue weighted by atomic mass is 19.1. The second-order valence-electron chi connectivity index (χ2n) is 8.39. The molecule has 1 amide bonds. The van der Waals surface area contributed by atoms with E-state index in [2.05, 4.69) is 10.4 Å². The molecule has 3 rings (SSSR count). The van der Waals surface area contributed by atoms with Crippen LogP contribution in [0.3, 0.4) is 0 Å². The molecule has 192 valence electrons. The number of ether oxygens (including phenoxy) is 2. The van der Waals surface area contributed by atoms with Crippen LogP contribution in [-0.2, 0) is 11.3 Å². The minimum Gasteiger partial charge on any atom is -0.488 e. The van der Waals surface area contributed by atoms with Crippen LogP contribution < -0.4 is 15.6 Å². The van der Waals surface area contributed by atoms with Crippen LogP contribution in [0.15, 0.2) is 53.3 Å². The van der Waals surface area contributed by atoms with Gasteiger partial charge in [-0.3, -0.25) is 10.1 Å². The van der Waals surface area contributed by atoms with Gasteiger partial charge in [0.15, 0.2) is 17.4 Å². The van der Waals surface area contributed by atoms with E-state index < -0.39 is 23.5 Å². The average molecular weight is 501 g/mol. The number of unbranched alkanes of at least 4 members (excludes halogenated alkanes) is 1. The first-order valence-corrected chi connectivity index (χ1v) is 11.6. The third kappa shape index (κ3) is 7.61. The summed E-state index contributed by atoms with van der Waals surface area (Å²) in [6.45, 7) is 3.09. The number of hydrogen-bond donors (Lipinski definition) is 1. The minimum atomic E-state index is -0.838. The summed E-state index contributed by atoms with van der Waals surface area (Å²) in [5.41, 5.74) is 1.20. The van der Waals surface area contributed by atoms with Gasteiger partial charge >= 0.3 is 6.09 Å². The van der Waals surface area contributed by atoms with Crippen molar-refractivity contribution >= 4 is 11.8 Å². The van der Waals surface area contributed by atoms with E-state index in [0.717, 1.165) is 25.1 Å². The Kier molecular flexibility index (Phi) is 9.52. The molecule has 8 nitrogen and oxygen atoms in total. The zero-order valence-corrected chi connectivity index (χ0v) is 20.6. The van der Waals surface area contributed by atoms with Crippen molar-refractivity contribution in [2.45, 2.75) is 26.3 Å². The van der Waals surface area contributed by atoms with Gasteiger partial charge in [0, 0.05) is 17.3 Å². The Hall–Kier alpha value is -3.79. The molecule has 10 heteroatoms. The van der Waals surface area contributed by atoms with Gasteiger partial charge in [0.1, 0.15) is 0 Å². The lowest BCUT2D eigenvalue weighted by Gasteiger charge is -2.12. The van der Waals surface area contributed by atoms with Crippen LogP contribution in [0.1, 0.15) is 25.3 Å². The van der Waals surface area contributed by atoms with Crippen LogP contribution in [0.2, 0.25) is 0 Å². The molecule has 1 aromatic heterocycles. The fourth-order valence-electron chi connectivity index (χ4n) is 3.47. The number of rotatable bonds is 11. The molecule has 0 aliphatic rings. The van der Waals surface area contributed by atoms with Crippen molar-refractivity contribution in [3.63, 3.8) is 0 Å². The molecule has 0 fully saturated rings. The molecule has 1 N–H and O–H groups in total. The summed E-state index contributed by atoms with van der Waals surface area (Å²) in [5.74, 6) is -2.10. The van der Waals surface area contributed by atoms with Gasteiger partial charge in [-0.25, -0.2) is 18.3 Å². The third-order valence-corrected chi connectivity index (χ3v) is 5.19. The Morgan fingerprint density at radius 1 is 1.08 bits per heavy atom. The van der Waals surface area contributed by atoms with Crippen molar-refractivity contribution < 1.29 is 23.0 Å². The van der Waals surface area contributed by atoms with E-state index in [1.54, 1.807) is 31.2 Å². The number of halogens is 2. The summed E-state index contributed by atoms with van der Waals surface area (Å²) >= 11 is 0. The zero-order valence-electron chi connectivity index (χ0n) is 20.6. The number of carbonyl (C=O) groups excluding carboxylic acids is 1. The van der Waals surface area contributed by atoms with Crippen molar-refractivity contribution in [2.24, 2.45) is 0 Å². The summed E-state index contributed by atoms with van der Waals surface area (Å²) < 4.78 is 40.7. The first-order valence-electron chi connectivity index (χ1n) is 11.6. The predicted octanol–water partition coefficient (Wildman–Crippen LogP) is 4.53. The van der Waals surface area contributed by atoms with Gasteiger partial charge in [-0.2, -0.15) is 5.10 Å². The molecule has 0 saturated carbocycles. The van der Waals surface area contributed by atoms with Crippen LogP contribution in [0.25, 0.3) is 11.3 Å². The molecule has 1 heterocycles. The van der Waals surface area contributed by atoms with Gasteiger partial charge in [-0.1, -0.05) is 12.1 Å². The maximum absolute atomic E-state index is 14.6. The average Bonchev–Trinajstić information content (AvgIpc) is 2.82. The van der Waals surface area contributed by atoms with Crippen LogP contribution in [0.4, 0.5) is 19.3 Å². The van der Waals surface area contributed by atoms with Gasteiger partial charge in [0.25, 0.3) is 5.56 Å². The number of nitrogens with zero attached hydrogens (tertiary/aromatic N) is 3. The van der Waals surface area contributed by atoms with E-state index in [1.165, 1.54) is 16.8 Å². The van der Waals surface area contributed by atoms with Crippen molar-refractivity contribution in [3.8, 4) is 17.0 Å². The minimum absolute atomic E-state index is 0.0874. The second-order valence-corrected chi connectivity index (χ2v) is 8.39. The van der Waals surface area contributed by atoms with Gasteiger partial charge in [0.05, 0.1) is 25.5 Å². The van der Waals surface area contributed by atoms with Crippen LogP contribution in [0, 0.1) is 11.6 Å². The standard InChI is InChI=1S/C26H30F2N4O4/c1-4-35-26(34)29-20-9-7-8-18(14-20)17-32-24(33)11-10-23(30-32)19-15-21(27)25(22(28)16-19)36-13-6-5-12-31(2)3/h7-11,14-16H,4-6,12-13,17H2,1-3H3,(H,29,34). The maximum Gasteiger partial charge on any atom is 0.411 e. The molecule has 0 atom stereocenters. The summed E-state index contributed by atoms with van der Waals surface area (Å²) in [4.78, 5) is 26.1. The largest absolute Gasteiger partial charge is 0.488 e. The van der Waals surface area contributed by atoms with Crippen molar-refractivity contribution in [2.75, 3.05) is 39.2 Å². The topological polar surface area (TPSA) is 85.7 Å². The van der Waals surface area contributed by atoms with E-state index in [-0.39, 0.29) is 36.6 Å².